The highest BCUT2D eigenvalue weighted by Crippen LogP contribution is 2.21. The second-order valence-electron chi connectivity index (χ2n) is 3.91. The Labute approximate surface area is 120 Å². The molecule has 0 aliphatic heterocycles. The Morgan fingerprint density at radius 3 is 2.67 bits per heavy atom. The summed E-state index contributed by atoms with van der Waals surface area (Å²) in [6, 6.07) is 8.47. The maximum absolute atomic E-state index is 13.1. The van der Waals surface area contributed by atoms with E-state index in [2.05, 4.69) is 5.32 Å². The van der Waals surface area contributed by atoms with Gasteiger partial charge in [-0.25, -0.2) is 4.39 Å². The van der Waals surface area contributed by atoms with E-state index in [0.717, 1.165) is 22.9 Å². The largest absolute Gasteiger partial charge is 0.312 e. The van der Waals surface area contributed by atoms with Gasteiger partial charge in [-0.3, -0.25) is 0 Å². The minimum Gasteiger partial charge on any atom is -0.312 e. The van der Waals surface area contributed by atoms with Crippen molar-refractivity contribution >= 4 is 34.5 Å². The Morgan fingerprint density at radius 1 is 1.17 bits per heavy atom. The van der Waals surface area contributed by atoms with E-state index < -0.39 is 0 Å². The van der Waals surface area contributed by atoms with Crippen molar-refractivity contribution in [1.82, 2.24) is 5.32 Å². The average Bonchev–Trinajstić information content (AvgIpc) is 2.69. The number of thiophene rings is 1. The first-order valence-corrected chi connectivity index (χ1v) is 7.10. The van der Waals surface area contributed by atoms with Gasteiger partial charge in [-0.15, -0.1) is 11.3 Å². The van der Waals surface area contributed by atoms with E-state index in [0.29, 0.717) is 11.6 Å². The number of rotatable bonds is 5. The molecule has 2 aromatic rings. The summed E-state index contributed by atoms with van der Waals surface area (Å²) in [5, 5.41) is 3.68. The molecule has 0 bridgehead atoms. The fourth-order valence-electron chi connectivity index (χ4n) is 1.64. The third-order valence-corrected chi connectivity index (χ3v) is 3.94. The van der Waals surface area contributed by atoms with Gasteiger partial charge in [0.15, 0.2) is 0 Å². The topological polar surface area (TPSA) is 12.0 Å². The maximum atomic E-state index is 13.1. The van der Waals surface area contributed by atoms with Crippen molar-refractivity contribution in [3.63, 3.8) is 0 Å². The van der Waals surface area contributed by atoms with Gasteiger partial charge in [0.25, 0.3) is 0 Å². The van der Waals surface area contributed by atoms with Crippen molar-refractivity contribution in [2.75, 3.05) is 6.54 Å². The van der Waals surface area contributed by atoms with Crippen molar-refractivity contribution in [2.45, 2.75) is 13.0 Å². The Morgan fingerprint density at radius 2 is 2.00 bits per heavy atom. The summed E-state index contributed by atoms with van der Waals surface area (Å²) in [7, 11) is 0. The monoisotopic (exact) mass is 303 g/mol. The second kappa shape index (κ2) is 6.53. The number of hydrogen-bond donors (Lipinski definition) is 1. The summed E-state index contributed by atoms with van der Waals surface area (Å²) in [6.07, 6.45) is 0.917. The molecular weight excluding hydrogens is 292 g/mol. The molecule has 18 heavy (non-hydrogen) atoms. The maximum Gasteiger partial charge on any atom is 0.125 e. The van der Waals surface area contributed by atoms with Crippen LogP contribution in [0.1, 0.15) is 10.4 Å². The lowest BCUT2D eigenvalue weighted by atomic mass is 10.2. The van der Waals surface area contributed by atoms with E-state index >= 15 is 0 Å². The molecule has 0 saturated carbocycles. The number of nitrogens with one attached hydrogen (secondary N) is 1. The first kappa shape index (κ1) is 13.8. The van der Waals surface area contributed by atoms with Gasteiger partial charge in [-0.05, 0) is 42.3 Å². The molecule has 96 valence electrons. The molecule has 0 aliphatic rings. The van der Waals surface area contributed by atoms with Crippen molar-refractivity contribution in [3.8, 4) is 0 Å². The fourth-order valence-corrected chi connectivity index (χ4v) is 2.97. The van der Waals surface area contributed by atoms with Crippen molar-refractivity contribution in [3.05, 3.63) is 55.9 Å². The van der Waals surface area contributed by atoms with Gasteiger partial charge in [0, 0.05) is 23.0 Å². The standard InChI is InChI=1S/C13H12Cl2FNS/c14-10-5-9(6-11(16)7-10)8-17-4-3-12-1-2-13(15)18-12/h1-2,5-7,17H,3-4,8H2. The molecule has 0 amide bonds. The molecule has 0 spiro atoms. The highest BCUT2D eigenvalue weighted by atomic mass is 35.5. The van der Waals surface area contributed by atoms with Crippen LogP contribution in [-0.2, 0) is 13.0 Å². The second-order valence-corrected chi connectivity index (χ2v) is 6.15. The Kier molecular flexibility index (Phi) is 5.01. The van der Waals surface area contributed by atoms with Crippen molar-refractivity contribution in [1.29, 1.82) is 0 Å². The van der Waals surface area contributed by atoms with Crippen LogP contribution in [-0.4, -0.2) is 6.54 Å². The summed E-state index contributed by atoms with van der Waals surface area (Å²) < 4.78 is 13.9. The van der Waals surface area contributed by atoms with E-state index in [1.807, 2.05) is 12.1 Å². The molecule has 0 atom stereocenters. The van der Waals surface area contributed by atoms with Gasteiger partial charge < -0.3 is 5.32 Å². The van der Waals surface area contributed by atoms with Crippen LogP contribution in [0.25, 0.3) is 0 Å². The van der Waals surface area contributed by atoms with Crippen molar-refractivity contribution < 1.29 is 4.39 Å². The molecule has 1 N–H and O–H groups in total. The third kappa shape index (κ3) is 4.25. The first-order chi connectivity index (χ1) is 8.63. The third-order valence-electron chi connectivity index (χ3n) is 2.43. The normalized spacial score (nSPS) is 10.8. The summed E-state index contributed by atoms with van der Waals surface area (Å²) in [5.41, 5.74) is 0.851. The van der Waals surface area contributed by atoms with Gasteiger partial charge in [0.2, 0.25) is 0 Å². The molecule has 0 aliphatic carbocycles. The number of halogens is 3. The van der Waals surface area contributed by atoms with E-state index in [1.54, 1.807) is 17.4 Å². The van der Waals surface area contributed by atoms with Gasteiger partial charge >= 0.3 is 0 Å². The zero-order valence-electron chi connectivity index (χ0n) is 9.55. The van der Waals surface area contributed by atoms with Gasteiger partial charge in [-0.2, -0.15) is 0 Å². The summed E-state index contributed by atoms with van der Waals surface area (Å²) in [5.74, 6) is -0.302. The van der Waals surface area contributed by atoms with E-state index in [4.69, 9.17) is 23.2 Å². The van der Waals surface area contributed by atoms with Gasteiger partial charge in [0.1, 0.15) is 5.82 Å². The van der Waals surface area contributed by atoms with E-state index in [9.17, 15) is 4.39 Å². The highest BCUT2D eigenvalue weighted by molar-refractivity contribution is 7.16. The van der Waals surface area contributed by atoms with Crippen LogP contribution in [0.3, 0.4) is 0 Å². The number of benzene rings is 1. The molecule has 2 rings (SSSR count). The summed E-state index contributed by atoms with van der Waals surface area (Å²) in [4.78, 5) is 1.24. The predicted molar refractivity (Wildman–Crippen MR) is 76.1 cm³/mol. The lowest BCUT2D eigenvalue weighted by Crippen LogP contribution is -2.16. The van der Waals surface area contributed by atoms with Crippen LogP contribution in [0.15, 0.2) is 30.3 Å². The molecule has 0 saturated heterocycles. The fraction of sp³-hybridized carbons (Fsp3) is 0.231. The smallest absolute Gasteiger partial charge is 0.125 e. The lowest BCUT2D eigenvalue weighted by molar-refractivity contribution is 0.620. The zero-order chi connectivity index (χ0) is 13.0. The quantitative estimate of drug-likeness (QED) is 0.800. The van der Waals surface area contributed by atoms with Gasteiger partial charge in [-0.1, -0.05) is 23.2 Å². The van der Waals surface area contributed by atoms with E-state index in [-0.39, 0.29) is 5.82 Å². The van der Waals surface area contributed by atoms with Gasteiger partial charge in [0.05, 0.1) is 4.34 Å². The Balaban J connectivity index is 1.78. The molecule has 0 radical (unpaired) electrons. The first-order valence-electron chi connectivity index (χ1n) is 5.53. The summed E-state index contributed by atoms with van der Waals surface area (Å²) >= 11 is 13.2. The molecule has 0 unspecified atom stereocenters. The molecule has 1 heterocycles. The van der Waals surface area contributed by atoms with Crippen LogP contribution in [0.2, 0.25) is 9.36 Å². The molecule has 0 fully saturated rings. The highest BCUT2D eigenvalue weighted by Gasteiger charge is 2.00. The lowest BCUT2D eigenvalue weighted by Gasteiger charge is -2.05. The van der Waals surface area contributed by atoms with Crippen LogP contribution in [0.4, 0.5) is 4.39 Å². The minimum absolute atomic E-state index is 0.302. The minimum atomic E-state index is -0.302. The SMILES string of the molecule is Fc1cc(Cl)cc(CNCCc2ccc(Cl)s2)c1. The molecule has 1 aromatic carbocycles. The van der Waals surface area contributed by atoms with Crippen LogP contribution in [0, 0.1) is 5.82 Å². The number of hydrogen-bond acceptors (Lipinski definition) is 2. The van der Waals surface area contributed by atoms with Crippen LogP contribution >= 0.6 is 34.5 Å². The van der Waals surface area contributed by atoms with E-state index in [1.165, 1.54) is 17.0 Å². The average molecular weight is 304 g/mol. The Bertz CT molecular complexity index is 507. The molecule has 1 nitrogen and oxygen atoms in total. The zero-order valence-corrected chi connectivity index (χ0v) is 11.9. The van der Waals surface area contributed by atoms with Crippen LogP contribution < -0.4 is 5.32 Å². The van der Waals surface area contributed by atoms with Crippen molar-refractivity contribution in [2.24, 2.45) is 0 Å². The molecule has 1 aromatic heterocycles. The Hall–Kier alpha value is -0.610. The molecule has 5 heteroatoms. The van der Waals surface area contributed by atoms with Crippen LogP contribution in [0.5, 0.6) is 0 Å². The summed E-state index contributed by atoms with van der Waals surface area (Å²) in [6.45, 7) is 1.43. The predicted octanol–water partition coefficient (Wildman–Crippen LogP) is 4.53. The molecular formula is C13H12Cl2FNS.